The summed E-state index contributed by atoms with van der Waals surface area (Å²) in [7, 11) is 0. The Morgan fingerprint density at radius 1 is 0.386 bits per heavy atom. The zero-order chi connectivity index (χ0) is 30.9. The molecule has 4 aromatic carbocycles. The largest absolute Gasteiger partial charge is 0.416 e. The molecule has 0 saturated carbocycles. The molecule has 2 heterocycles. The minimum Gasteiger partial charge on any atom is -0.416 e. The maximum absolute atomic E-state index is 5.98. The zero-order valence-electron chi connectivity index (χ0n) is 26.0. The SMILES string of the molecule is CC(C)(C)c1ccc(-c2nnc(-c3ccc(/C=C/c4ccc(-c5nnc(-c6ccc(C(C)(C)C)cc6)o5)cc4)cc3)o2)cc1. The molecule has 0 aliphatic heterocycles. The Bertz CT molecular complexity index is 1740. The Kier molecular flexibility index (Phi) is 7.60. The normalized spacial score (nSPS) is 12.2. The molecular weight excluding hydrogens is 544 g/mol. The van der Waals surface area contributed by atoms with Gasteiger partial charge in [-0.2, -0.15) is 0 Å². The molecule has 0 aliphatic carbocycles. The van der Waals surface area contributed by atoms with Crippen LogP contribution < -0.4 is 0 Å². The van der Waals surface area contributed by atoms with Gasteiger partial charge >= 0.3 is 0 Å². The fraction of sp³-hybridized carbons (Fsp3) is 0.211. The lowest BCUT2D eigenvalue weighted by molar-refractivity contribution is 0.582. The van der Waals surface area contributed by atoms with Crippen LogP contribution in [-0.4, -0.2) is 20.4 Å². The number of hydrogen-bond donors (Lipinski definition) is 0. The molecule has 6 heteroatoms. The van der Waals surface area contributed by atoms with Crippen LogP contribution >= 0.6 is 0 Å². The van der Waals surface area contributed by atoms with E-state index in [1.807, 2.05) is 72.8 Å². The fourth-order valence-corrected chi connectivity index (χ4v) is 4.80. The molecule has 2 aromatic heterocycles. The quantitative estimate of drug-likeness (QED) is 0.182. The highest BCUT2D eigenvalue weighted by molar-refractivity contribution is 5.72. The molecular formula is C38H36N4O2. The van der Waals surface area contributed by atoms with Gasteiger partial charge in [0.05, 0.1) is 0 Å². The third kappa shape index (κ3) is 6.45. The molecule has 0 N–H and O–H groups in total. The fourth-order valence-electron chi connectivity index (χ4n) is 4.80. The van der Waals surface area contributed by atoms with E-state index >= 15 is 0 Å². The van der Waals surface area contributed by atoms with Crippen molar-refractivity contribution in [1.29, 1.82) is 0 Å². The van der Waals surface area contributed by atoms with Crippen molar-refractivity contribution in [2.75, 3.05) is 0 Å². The van der Waals surface area contributed by atoms with Crippen molar-refractivity contribution >= 4 is 12.2 Å². The summed E-state index contributed by atoms with van der Waals surface area (Å²) in [5.41, 5.74) is 8.42. The lowest BCUT2D eigenvalue weighted by Gasteiger charge is -2.18. The summed E-state index contributed by atoms with van der Waals surface area (Å²) >= 11 is 0. The van der Waals surface area contributed by atoms with Gasteiger partial charge in [-0.1, -0.05) is 102 Å². The molecule has 44 heavy (non-hydrogen) atoms. The van der Waals surface area contributed by atoms with E-state index < -0.39 is 0 Å². The summed E-state index contributed by atoms with van der Waals surface area (Å²) in [6, 6.07) is 32.7. The van der Waals surface area contributed by atoms with E-state index in [0.29, 0.717) is 23.6 Å². The van der Waals surface area contributed by atoms with E-state index in [1.54, 1.807) is 0 Å². The zero-order valence-corrected chi connectivity index (χ0v) is 26.0. The number of hydrogen-bond acceptors (Lipinski definition) is 6. The first-order valence-corrected chi connectivity index (χ1v) is 14.8. The third-order valence-electron chi connectivity index (χ3n) is 7.63. The van der Waals surface area contributed by atoms with E-state index in [1.165, 1.54) is 11.1 Å². The molecule has 0 radical (unpaired) electrons. The van der Waals surface area contributed by atoms with E-state index in [9.17, 15) is 0 Å². The molecule has 0 fully saturated rings. The van der Waals surface area contributed by atoms with Crippen LogP contribution in [-0.2, 0) is 10.8 Å². The first-order chi connectivity index (χ1) is 21.0. The van der Waals surface area contributed by atoms with Crippen molar-refractivity contribution in [3.05, 3.63) is 119 Å². The Hall–Kier alpha value is -5.10. The smallest absolute Gasteiger partial charge is 0.248 e. The molecule has 0 atom stereocenters. The van der Waals surface area contributed by atoms with Crippen LogP contribution in [0, 0.1) is 0 Å². The van der Waals surface area contributed by atoms with E-state index in [0.717, 1.165) is 33.4 Å². The summed E-state index contributed by atoms with van der Waals surface area (Å²) in [5.74, 6) is 2.02. The minimum atomic E-state index is 0.0952. The standard InChI is InChI=1S/C38H36N4O2/c1-37(2,3)31-21-17-29(18-22-31)35-41-39-33(43-35)27-13-9-25(10-14-27)7-8-26-11-15-28(16-12-26)34-40-42-36(44-34)30-19-23-32(24-20-30)38(4,5)6/h7-24H,1-6H3/b8-7+. The van der Waals surface area contributed by atoms with Crippen LogP contribution in [0.25, 0.3) is 58.0 Å². The number of benzene rings is 4. The van der Waals surface area contributed by atoms with Crippen LogP contribution in [0.3, 0.4) is 0 Å². The van der Waals surface area contributed by atoms with Crippen molar-refractivity contribution in [2.45, 2.75) is 52.4 Å². The molecule has 6 aromatic rings. The average molecular weight is 581 g/mol. The van der Waals surface area contributed by atoms with Gasteiger partial charge in [-0.25, -0.2) is 0 Å². The van der Waals surface area contributed by atoms with Gasteiger partial charge in [0.15, 0.2) is 0 Å². The lowest BCUT2D eigenvalue weighted by atomic mass is 9.87. The maximum Gasteiger partial charge on any atom is 0.248 e. The Balaban J connectivity index is 1.09. The average Bonchev–Trinajstić information content (AvgIpc) is 3.71. The molecule has 0 spiro atoms. The lowest BCUT2D eigenvalue weighted by Crippen LogP contribution is -2.10. The molecule has 0 unspecified atom stereocenters. The summed E-state index contributed by atoms with van der Waals surface area (Å²) in [6.07, 6.45) is 4.14. The van der Waals surface area contributed by atoms with Crippen molar-refractivity contribution in [1.82, 2.24) is 20.4 Å². The second-order valence-corrected chi connectivity index (χ2v) is 13.1. The van der Waals surface area contributed by atoms with Crippen molar-refractivity contribution in [2.24, 2.45) is 0 Å². The van der Waals surface area contributed by atoms with Gasteiger partial charge in [-0.3, -0.25) is 0 Å². The van der Waals surface area contributed by atoms with E-state index in [2.05, 4.69) is 98.4 Å². The Morgan fingerprint density at radius 2 is 0.636 bits per heavy atom. The summed E-state index contributed by atoms with van der Waals surface area (Å²) in [5, 5.41) is 17.1. The molecule has 6 rings (SSSR count). The monoisotopic (exact) mass is 580 g/mol. The molecule has 0 bridgehead atoms. The number of rotatable bonds is 6. The van der Waals surface area contributed by atoms with Gasteiger partial charge in [0.1, 0.15) is 0 Å². The number of nitrogens with zero attached hydrogens (tertiary/aromatic N) is 4. The van der Waals surface area contributed by atoms with Crippen molar-refractivity contribution in [3.63, 3.8) is 0 Å². The second-order valence-electron chi connectivity index (χ2n) is 13.1. The molecule has 0 aliphatic rings. The Labute approximate surface area is 258 Å². The molecule has 0 amide bonds. The van der Waals surface area contributed by atoms with Crippen molar-refractivity contribution < 1.29 is 8.83 Å². The van der Waals surface area contributed by atoms with Crippen molar-refractivity contribution in [3.8, 4) is 45.8 Å². The topological polar surface area (TPSA) is 77.8 Å². The summed E-state index contributed by atoms with van der Waals surface area (Å²) in [4.78, 5) is 0. The summed E-state index contributed by atoms with van der Waals surface area (Å²) in [6.45, 7) is 13.2. The highest BCUT2D eigenvalue weighted by atomic mass is 16.4. The van der Waals surface area contributed by atoms with Crippen LogP contribution in [0.5, 0.6) is 0 Å². The van der Waals surface area contributed by atoms with Crippen LogP contribution in [0.1, 0.15) is 63.8 Å². The van der Waals surface area contributed by atoms with Crippen LogP contribution in [0.15, 0.2) is 106 Å². The van der Waals surface area contributed by atoms with Gasteiger partial charge in [0.2, 0.25) is 23.6 Å². The molecule has 0 saturated heterocycles. The third-order valence-corrected chi connectivity index (χ3v) is 7.63. The predicted octanol–water partition coefficient (Wildman–Crippen LogP) is 9.89. The maximum atomic E-state index is 5.98. The minimum absolute atomic E-state index is 0.0952. The van der Waals surface area contributed by atoms with Gasteiger partial charge in [0.25, 0.3) is 0 Å². The van der Waals surface area contributed by atoms with Gasteiger partial charge < -0.3 is 8.83 Å². The van der Waals surface area contributed by atoms with E-state index in [4.69, 9.17) is 8.83 Å². The molecule has 220 valence electrons. The van der Waals surface area contributed by atoms with Gasteiger partial charge in [-0.05, 0) is 81.6 Å². The van der Waals surface area contributed by atoms with Crippen LogP contribution in [0.4, 0.5) is 0 Å². The Morgan fingerprint density at radius 3 is 0.886 bits per heavy atom. The predicted molar refractivity (Wildman–Crippen MR) is 177 cm³/mol. The highest BCUT2D eigenvalue weighted by Gasteiger charge is 2.17. The van der Waals surface area contributed by atoms with E-state index in [-0.39, 0.29) is 10.8 Å². The number of aromatic nitrogens is 4. The first-order valence-electron chi connectivity index (χ1n) is 14.8. The van der Waals surface area contributed by atoms with Gasteiger partial charge in [-0.15, -0.1) is 20.4 Å². The summed E-state index contributed by atoms with van der Waals surface area (Å²) < 4.78 is 12.0. The second kappa shape index (κ2) is 11.5. The highest BCUT2D eigenvalue weighted by Crippen LogP contribution is 2.29. The van der Waals surface area contributed by atoms with Crippen LogP contribution in [0.2, 0.25) is 0 Å². The molecule has 6 nitrogen and oxygen atoms in total. The van der Waals surface area contributed by atoms with Gasteiger partial charge in [0, 0.05) is 22.3 Å². The first kappa shape index (κ1) is 29.0.